The number of aliphatic carboxylic acids is 2. The van der Waals surface area contributed by atoms with Gasteiger partial charge in [-0.1, -0.05) is 283 Å². The molecule has 0 saturated carbocycles. The Balaban J connectivity index is 0.00000451. The smallest absolute Gasteiger partial charge is 0.335 e. The molecule has 0 aliphatic heterocycles. The minimum Gasteiger partial charge on any atom is -0.479 e. The van der Waals surface area contributed by atoms with Crippen LogP contribution in [0.5, 0.6) is 0 Å². The summed E-state index contributed by atoms with van der Waals surface area (Å²) in [5, 5.41) is 32.5. The quantitative estimate of drug-likeness (QED) is 0.0476. The largest absolute Gasteiger partial charge is 0.479 e. The first-order valence-electron chi connectivity index (χ1n) is 31.2. The van der Waals surface area contributed by atoms with Crippen LogP contribution in [0.3, 0.4) is 0 Å². The highest BCUT2D eigenvalue weighted by Crippen LogP contribution is 2.25. The van der Waals surface area contributed by atoms with Gasteiger partial charge in [0.2, 0.25) is 0 Å². The van der Waals surface area contributed by atoms with Crippen molar-refractivity contribution in [3.05, 3.63) is 35.4 Å². The molecule has 0 bridgehead atoms. The van der Waals surface area contributed by atoms with Crippen LogP contribution in [-0.4, -0.2) is 78.5 Å². The summed E-state index contributed by atoms with van der Waals surface area (Å²) < 4.78 is 0. The van der Waals surface area contributed by atoms with Crippen molar-refractivity contribution < 1.29 is 30.0 Å². The van der Waals surface area contributed by atoms with E-state index in [4.69, 9.17) is 20.4 Å². The van der Waals surface area contributed by atoms with E-state index in [0.29, 0.717) is 24.2 Å². The maximum Gasteiger partial charge on any atom is 0.335 e. The molecular formula is C64H122N2O6. The molecule has 8 nitrogen and oxygen atoms in total. The number of aliphatic hydroxyl groups is 2. The first-order chi connectivity index (χ1) is 34.8. The van der Waals surface area contributed by atoms with Gasteiger partial charge in [-0.05, 0) is 64.5 Å². The van der Waals surface area contributed by atoms with Crippen molar-refractivity contribution in [2.45, 2.75) is 362 Å². The van der Waals surface area contributed by atoms with Crippen molar-refractivity contribution in [3.63, 3.8) is 0 Å². The number of carboxylic acid groups (broad SMARTS) is 2. The normalized spacial score (nSPS) is 14.2. The molecular weight excluding hydrogens is 893 g/mol. The van der Waals surface area contributed by atoms with Crippen molar-refractivity contribution in [1.29, 1.82) is 0 Å². The highest BCUT2D eigenvalue weighted by molar-refractivity contribution is 5.83. The molecule has 0 aromatic heterocycles. The van der Waals surface area contributed by atoms with Crippen molar-refractivity contribution in [1.82, 2.24) is 9.80 Å². The van der Waals surface area contributed by atoms with E-state index in [1.165, 1.54) is 268 Å². The Morgan fingerprint density at radius 1 is 0.333 bits per heavy atom. The van der Waals surface area contributed by atoms with Crippen LogP contribution in [0.1, 0.15) is 323 Å². The highest BCUT2D eigenvalue weighted by atomic mass is 16.4. The number of hydrogen-bond acceptors (Lipinski definition) is 6. The molecule has 0 fully saturated rings. The Morgan fingerprint density at radius 3 is 0.667 bits per heavy atom. The fraction of sp³-hybridized carbons (Fsp3) is 0.875. The molecule has 6 unspecified atom stereocenters. The lowest BCUT2D eigenvalue weighted by Gasteiger charge is -2.36. The summed E-state index contributed by atoms with van der Waals surface area (Å²) >= 11 is 0. The van der Waals surface area contributed by atoms with Gasteiger partial charge in [-0.2, -0.15) is 0 Å². The number of rotatable bonds is 51. The number of nitrogens with zero attached hydrogens (tertiary/aromatic N) is 2. The maximum absolute atomic E-state index is 9.77. The molecule has 1 aromatic rings. The standard InChI is InChI=1S/C60H116N2.C4H6O6/c1-9-13-17-21-25-29-33-37-41-45-55(5)61(56(6)46-42-38-34-30-26-22-18-14-10-2)53-59-49-51-60(52-50-59)54-62(57(7)47-43-39-35-31-27-23-19-15-11-3)58(8)48-44-40-36-32-28-24-20-16-12-4;5-1(3(7)8)2(6)4(9)10/h49-52,55-58H,9-48,53-54H2,1-8H3;1-2,5-6H,(H,7,8)(H,9,10). The first kappa shape index (κ1) is 70.0. The second-order valence-electron chi connectivity index (χ2n) is 22.6. The SMILES string of the molecule is CCCCCCCCCCCC(C)N(Cc1ccc(CN(C(C)CCCCCCCCCCC)C(C)CCCCCCCCCCC)cc1)C(C)CCCCCCCCCCC.O=C(O)C(O)C(O)C(=O)O. The van der Waals surface area contributed by atoms with Gasteiger partial charge < -0.3 is 20.4 Å². The van der Waals surface area contributed by atoms with Crippen LogP contribution >= 0.6 is 0 Å². The van der Waals surface area contributed by atoms with Gasteiger partial charge in [0.1, 0.15) is 0 Å². The molecule has 0 aliphatic rings. The Labute approximate surface area is 447 Å². The van der Waals surface area contributed by atoms with E-state index in [1.807, 2.05) is 0 Å². The Morgan fingerprint density at radius 2 is 0.500 bits per heavy atom. The number of carbonyl (C=O) groups is 2. The van der Waals surface area contributed by atoms with E-state index in [1.54, 1.807) is 0 Å². The molecule has 0 aliphatic carbocycles. The summed E-state index contributed by atoms with van der Waals surface area (Å²) in [5.74, 6) is -3.54. The average Bonchev–Trinajstić information content (AvgIpc) is 3.37. The third kappa shape index (κ3) is 39.4. The zero-order valence-electron chi connectivity index (χ0n) is 49.0. The van der Waals surface area contributed by atoms with Crippen LogP contribution in [0.25, 0.3) is 0 Å². The van der Waals surface area contributed by atoms with Crippen molar-refractivity contribution in [3.8, 4) is 0 Å². The number of hydrogen-bond donors (Lipinski definition) is 4. The lowest BCUT2D eigenvalue weighted by atomic mass is 9.99. The van der Waals surface area contributed by atoms with Gasteiger partial charge in [0.05, 0.1) is 0 Å². The van der Waals surface area contributed by atoms with E-state index in [2.05, 4.69) is 89.5 Å². The molecule has 0 amide bonds. The monoisotopic (exact) mass is 1010 g/mol. The Bertz CT molecular complexity index is 1170. The molecule has 72 heavy (non-hydrogen) atoms. The molecule has 424 valence electrons. The number of aliphatic hydroxyl groups excluding tert-OH is 2. The van der Waals surface area contributed by atoms with Crippen molar-refractivity contribution in [2.75, 3.05) is 0 Å². The lowest BCUT2D eigenvalue weighted by Crippen LogP contribution is -2.40. The summed E-state index contributed by atoms with van der Waals surface area (Å²) in [4.78, 5) is 25.3. The van der Waals surface area contributed by atoms with Crippen LogP contribution in [0.4, 0.5) is 0 Å². The third-order valence-corrected chi connectivity index (χ3v) is 15.7. The molecule has 0 saturated heterocycles. The summed E-state index contributed by atoms with van der Waals surface area (Å²) in [5.41, 5.74) is 3.03. The van der Waals surface area contributed by atoms with Gasteiger partial charge in [0.15, 0.2) is 12.2 Å². The van der Waals surface area contributed by atoms with Crippen LogP contribution in [0.2, 0.25) is 0 Å². The topological polar surface area (TPSA) is 122 Å². The van der Waals surface area contributed by atoms with Gasteiger partial charge in [0, 0.05) is 37.3 Å². The molecule has 0 heterocycles. The second kappa shape index (κ2) is 49.9. The van der Waals surface area contributed by atoms with E-state index >= 15 is 0 Å². The summed E-state index contributed by atoms with van der Waals surface area (Å²) in [6, 6.07) is 12.6. The summed E-state index contributed by atoms with van der Waals surface area (Å²) in [7, 11) is 0. The second-order valence-corrected chi connectivity index (χ2v) is 22.6. The number of unbranched alkanes of at least 4 members (excludes halogenated alkanes) is 32. The fourth-order valence-corrected chi connectivity index (χ4v) is 10.6. The van der Waals surface area contributed by atoms with Gasteiger partial charge >= 0.3 is 11.9 Å². The zero-order chi connectivity index (χ0) is 53.5. The Hall–Kier alpha value is -2.00. The van der Waals surface area contributed by atoms with Crippen LogP contribution in [0.15, 0.2) is 24.3 Å². The minimum absolute atomic E-state index is 0.645. The van der Waals surface area contributed by atoms with Crippen molar-refractivity contribution in [2.24, 2.45) is 0 Å². The van der Waals surface area contributed by atoms with Crippen LogP contribution in [-0.2, 0) is 22.7 Å². The molecule has 4 N–H and O–H groups in total. The zero-order valence-corrected chi connectivity index (χ0v) is 49.0. The highest BCUT2D eigenvalue weighted by Gasteiger charge is 2.29. The summed E-state index contributed by atoms with van der Waals surface area (Å²) in [6.07, 6.45) is 52.0. The maximum atomic E-state index is 9.77. The average molecular weight is 1020 g/mol. The Kier molecular flexibility index (Phi) is 48.5. The van der Waals surface area contributed by atoms with E-state index in [0.717, 1.165) is 13.1 Å². The molecule has 8 heteroatoms. The van der Waals surface area contributed by atoms with Gasteiger partial charge in [-0.25, -0.2) is 9.59 Å². The van der Waals surface area contributed by atoms with E-state index in [9.17, 15) is 9.59 Å². The van der Waals surface area contributed by atoms with Crippen molar-refractivity contribution >= 4 is 11.9 Å². The number of benzene rings is 1. The number of carboxylic acids is 2. The van der Waals surface area contributed by atoms with Gasteiger partial charge in [0.25, 0.3) is 0 Å². The molecule has 1 rings (SSSR count). The summed E-state index contributed by atoms with van der Waals surface area (Å²) in [6.45, 7) is 21.7. The third-order valence-electron chi connectivity index (χ3n) is 15.7. The van der Waals surface area contributed by atoms with Gasteiger partial charge in [-0.15, -0.1) is 0 Å². The molecule has 0 spiro atoms. The molecule has 1 aromatic carbocycles. The predicted molar refractivity (Wildman–Crippen MR) is 310 cm³/mol. The van der Waals surface area contributed by atoms with Gasteiger partial charge in [-0.3, -0.25) is 9.80 Å². The van der Waals surface area contributed by atoms with E-state index in [-0.39, 0.29) is 0 Å². The molecule has 6 atom stereocenters. The lowest BCUT2D eigenvalue weighted by molar-refractivity contribution is -0.165. The van der Waals surface area contributed by atoms with Crippen LogP contribution < -0.4 is 0 Å². The van der Waals surface area contributed by atoms with E-state index < -0.39 is 24.1 Å². The minimum atomic E-state index is -2.27. The predicted octanol–water partition coefficient (Wildman–Crippen LogP) is 18.4. The molecule has 0 radical (unpaired) electrons. The fourth-order valence-electron chi connectivity index (χ4n) is 10.6. The first-order valence-corrected chi connectivity index (χ1v) is 31.2. The van der Waals surface area contributed by atoms with Crippen LogP contribution in [0, 0.1) is 0 Å².